The van der Waals surface area contributed by atoms with E-state index in [2.05, 4.69) is 20.4 Å². The third kappa shape index (κ3) is 3.09. The lowest BCUT2D eigenvalue weighted by atomic mass is 10.2. The van der Waals surface area contributed by atoms with Gasteiger partial charge in [-0.15, -0.1) is 22.7 Å². The highest BCUT2D eigenvalue weighted by atomic mass is 35.5. The van der Waals surface area contributed by atoms with Crippen molar-refractivity contribution in [1.82, 2.24) is 19.7 Å². The van der Waals surface area contributed by atoms with Crippen LogP contribution >= 0.6 is 45.9 Å². The van der Waals surface area contributed by atoms with Crippen molar-refractivity contribution in [3.63, 3.8) is 0 Å². The molecule has 4 heterocycles. The van der Waals surface area contributed by atoms with E-state index < -0.39 is 0 Å². The molecule has 0 unspecified atom stereocenters. The number of halogens is 2. The van der Waals surface area contributed by atoms with E-state index in [0.717, 1.165) is 22.3 Å². The van der Waals surface area contributed by atoms with Crippen molar-refractivity contribution in [2.45, 2.75) is 6.92 Å². The maximum Gasteiger partial charge on any atom is 0.259 e. The molecule has 0 aliphatic heterocycles. The summed E-state index contributed by atoms with van der Waals surface area (Å²) in [5, 5.41) is 10.3. The van der Waals surface area contributed by atoms with E-state index in [1.54, 1.807) is 16.8 Å². The summed E-state index contributed by atoms with van der Waals surface area (Å²) in [7, 11) is 1.82. The van der Waals surface area contributed by atoms with E-state index in [0.29, 0.717) is 25.1 Å². The Hall–Kier alpha value is -2.00. The third-order valence-corrected chi connectivity index (χ3v) is 6.03. The summed E-state index contributed by atoms with van der Waals surface area (Å²) >= 11 is 14.7. The first kappa shape index (κ1) is 17.4. The van der Waals surface area contributed by atoms with Gasteiger partial charge in [0.05, 0.1) is 21.3 Å². The van der Waals surface area contributed by atoms with E-state index in [1.165, 1.54) is 28.9 Å². The number of hydrogen-bond donors (Lipinski definition) is 1. The van der Waals surface area contributed by atoms with Gasteiger partial charge in [-0.2, -0.15) is 5.10 Å². The van der Waals surface area contributed by atoms with Crippen LogP contribution in [0, 0.1) is 6.92 Å². The highest BCUT2D eigenvalue weighted by Crippen LogP contribution is 2.39. The SMILES string of the molecule is Cc1nn(C)c2ncc(C(=O)Nc3nc(-c4cc(Cl)sc4Cl)cs3)cc12. The number of fused-ring (bicyclic) bond motifs is 1. The van der Waals surface area contributed by atoms with E-state index in [-0.39, 0.29) is 5.91 Å². The monoisotopic (exact) mass is 423 g/mol. The highest BCUT2D eigenvalue weighted by Gasteiger charge is 2.15. The lowest BCUT2D eigenvalue weighted by Gasteiger charge is -2.02. The summed E-state index contributed by atoms with van der Waals surface area (Å²) in [5.74, 6) is -0.280. The van der Waals surface area contributed by atoms with Crippen molar-refractivity contribution in [3.05, 3.63) is 43.6 Å². The van der Waals surface area contributed by atoms with Gasteiger partial charge >= 0.3 is 0 Å². The Labute approximate surface area is 166 Å². The standard InChI is InChI=1S/C16H11Cl2N5OS2/c1-7-9-3-8(5-19-14(9)23(2)22-7)15(24)21-16-20-11(6-25-16)10-4-12(17)26-13(10)18/h3-6H,1-2H3,(H,20,21,24). The van der Waals surface area contributed by atoms with Gasteiger partial charge < -0.3 is 0 Å². The summed E-state index contributed by atoms with van der Waals surface area (Å²) in [6, 6.07) is 3.54. The van der Waals surface area contributed by atoms with Gasteiger partial charge in [-0.25, -0.2) is 9.97 Å². The van der Waals surface area contributed by atoms with Crippen molar-refractivity contribution in [2.75, 3.05) is 5.32 Å². The molecule has 4 rings (SSSR count). The Balaban J connectivity index is 1.59. The normalized spacial score (nSPS) is 11.2. The van der Waals surface area contributed by atoms with Gasteiger partial charge in [0.25, 0.3) is 5.91 Å². The van der Waals surface area contributed by atoms with Crippen LogP contribution in [0.25, 0.3) is 22.3 Å². The summed E-state index contributed by atoms with van der Waals surface area (Å²) in [5.41, 5.74) is 3.44. The van der Waals surface area contributed by atoms with Crippen LogP contribution in [-0.2, 0) is 7.05 Å². The van der Waals surface area contributed by atoms with Crippen LogP contribution < -0.4 is 5.32 Å². The molecule has 26 heavy (non-hydrogen) atoms. The Bertz CT molecular complexity index is 1150. The van der Waals surface area contributed by atoms with Crippen LogP contribution in [0.2, 0.25) is 8.67 Å². The molecule has 1 N–H and O–H groups in total. The van der Waals surface area contributed by atoms with Crippen molar-refractivity contribution in [2.24, 2.45) is 7.05 Å². The number of amides is 1. The summed E-state index contributed by atoms with van der Waals surface area (Å²) < 4.78 is 2.85. The lowest BCUT2D eigenvalue weighted by Crippen LogP contribution is -2.12. The number of rotatable bonds is 3. The average molecular weight is 424 g/mol. The van der Waals surface area contributed by atoms with Crippen LogP contribution in [0.1, 0.15) is 16.1 Å². The Morgan fingerprint density at radius 2 is 2.12 bits per heavy atom. The van der Waals surface area contributed by atoms with Crippen molar-refractivity contribution in [3.8, 4) is 11.3 Å². The summed E-state index contributed by atoms with van der Waals surface area (Å²) in [4.78, 5) is 21.3. The Kier molecular flexibility index (Phi) is 4.44. The molecule has 4 aromatic rings. The fourth-order valence-electron chi connectivity index (χ4n) is 2.57. The van der Waals surface area contributed by atoms with Crippen LogP contribution in [0.5, 0.6) is 0 Å². The number of pyridine rings is 1. The molecule has 0 aromatic carbocycles. The zero-order valence-electron chi connectivity index (χ0n) is 13.6. The first-order valence-corrected chi connectivity index (χ1v) is 9.89. The maximum atomic E-state index is 12.5. The number of carbonyl (C=O) groups is 1. The number of thiazole rings is 1. The molecule has 0 fully saturated rings. The number of nitrogens with zero attached hydrogens (tertiary/aromatic N) is 4. The van der Waals surface area contributed by atoms with E-state index in [9.17, 15) is 4.79 Å². The van der Waals surface area contributed by atoms with Gasteiger partial charge in [-0.1, -0.05) is 23.2 Å². The fraction of sp³-hybridized carbons (Fsp3) is 0.125. The minimum atomic E-state index is -0.280. The van der Waals surface area contributed by atoms with E-state index in [4.69, 9.17) is 23.2 Å². The predicted octanol–water partition coefficient (Wildman–Crippen LogP) is 5.02. The molecule has 0 bridgehead atoms. The summed E-state index contributed by atoms with van der Waals surface area (Å²) in [6.45, 7) is 1.88. The van der Waals surface area contributed by atoms with Crippen LogP contribution in [0.4, 0.5) is 5.13 Å². The number of thiophene rings is 1. The molecular formula is C16H11Cl2N5OS2. The maximum absolute atomic E-state index is 12.5. The van der Waals surface area contributed by atoms with E-state index >= 15 is 0 Å². The number of carbonyl (C=O) groups excluding carboxylic acids is 1. The smallest absolute Gasteiger partial charge is 0.259 e. The number of nitrogens with one attached hydrogen (secondary N) is 1. The molecule has 4 aromatic heterocycles. The van der Waals surface area contributed by atoms with Gasteiger partial charge in [0.1, 0.15) is 4.34 Å². The van der Waals surface area contributed by atoms with Gasteiger partial charge in [0.15, 0.2) is 10.8 Å². The number of aryl methyl sites for hydroxylation is 2. The van der Waals surface area contributed by atoms with Gasteiger partial charge in [0, 0.05) is 29.6 Å². The van der Waals surface area contributed by atoms with Crippen LogP contribution in [0.15, 0.2) is 23.7 Å². The number of anilines is 1. The Morgan fingerprint density at radius 1 is 1.31 bits per heavy atom. The molecule has 0 aliphatic rings. The second-order valence-corrected chi connectivity index (χ2v) is 8.68. The van der Waals surface area contributed by atoms with Crippen molar-refractivity contribution < 1.29 is 4.79 Å². The summed E-state index contributed by atoms with van der Waals surface area (Å²) in [6.07, 6.45) is 1.53. The molecule has 10 heteroatoms. The molecule has 0 saturated carbocycles. The Morgan fingerprint density at radius 3 is 2.85 bits per heavy atom. The molecule has 0 aliphatic carbocycles. The molecule has 0 radical (unpaired) electrons. The van der Waals surface area contributed by atoms with E-state index in [1.807, 2.05) is 19.4 Å². The van der Waals surface area contributed by atoms with Gasteiger partial charge in [-0.05, 0) is 19.1 Å². The molecule has 0 atom stereocenters. The molecule has 1 amide bonds. The first-order valence-electron chi connectivity index (χ1n) is 7.44. The number of aromatic nitrogens is 4. The molecule has 132 valence electrons. The van der Waals surface area contributed by atoms with Crippen molar-refractivity contribution >= 4 is 67.9 Å². The quantitative estimate of drug-likeness (QED) is 0.501. The van der Waals surface area contributed by atoms with Crippen LogP contribution in [-0.4, -0.2) is 25.7 Å². The highest BCUT2D eigenvalue weighted by molar-refractivity contribution is 7.20. The van der Waals surface area contributed by atoms with Crippen LogP contribution in [0.3, 0.4) is 0 Å². The second-order valence-electron chi connectivity index (χ2n) is 5.53. The third-order valence-electron chi connectivity index (χ3n) is 3.78. The largest absolute Gasteiger partial charge is 0.298 e. The second kappa shape index (κ2) is 6.62. The molecule has 0 saturated heterocycles. The topological polar surface area (TPSA) is 72.7 Å². The first-order chi connectivity index (χ1) is 12.4. The fourth-order valence-corrected chi connectivity index (χ4v) is 4.76. The molecule has 0 spiro atoms. The average Bonchev–Trinajstić information content (AvgIpc) is 3.26. The van der Waals surface area contributed by atoms with Crippen molar-refractivity contribution in [1.29, 1.82) is 0 Å². The van der Waals surface area contributed by atoms with Gasteiger partial charge in [0.2, 0.25) is 0 Å². The number of hydrogen-bond acceptors (Lipinski definition) is 6. The molecular weight excluding hydrogens is 413 g/mol. The predicted molar refractivity (Wildman–Crippen MR) is 107 cm³/mol. The zero-order valence-corrected chi connectivity index (χ0v) is 16.7. The van der Waals surface area contributed by atoms with Gasteiger partial charge in [-0.3, -0.25) is 14.8 Å². The molecule has 6 nitrogen and oxygen atoms in total. The lowest BCUT2D eigenvalue weighted by molar-refractivity contribution is 0.102. The zero-order chi connectivity index (χ0) is 18.4. The minimum Gasteiger partial charge on any atom is -0.298 e. The minimum absolute atomic E-state index is 0.280.